The van der Waals surface area contributed by atoms with Crippen LogP contribution in [-0.2, 0) is 19.1 Å². The highest BCUT2D eigenvalue weighted by molar-refractivity contribution is 5.73. The second kappa shape index (κ2) is 11.8. The molecule has 2 unspecified atom stereocenters. The maximum atomic E-state index is 13.4. The molecule has 2 amide bonds. The Labute approximate surface area is 170 Å². The van der Waals surface area contributed by atoms with Crippen LogP contribution < -0.4 is 16.4 Å². The van der Waals surface area contributed by atoms with Crippen LogP contribution >= 0.6 is 0 Å². The largest absolute Gasteiger partial charge is 0.394 e. The molecule has 2 aliphatic rings. The third-order valence-corrected chi connectivity index (χ3v) is 4.51. The van der Waals surface area contributed by atoms with Crippen LogP contribution in [0.3, 0.4) is 0 Å². The zero-order chi connectivity index (χ0) is 23.2. The fraction of sp³-hybridized carbons (Fsp3) is 0.875. The zero-order valence-corrected chi connectivity index (χ0v) is 16.4. The molecule has 0 radical (unpaired) electrons. The first-order valence-electron chi connectivity index (χ1n) is 9.09. The highest BCUT2D eigenvalue weighted by atomic mass is 19.1. The van der Waals surface area contributed by atoms with Crippen molar-refractivity contribution in [3.05, 3.63) is 0 Å². The molecule has 0 aromatic carbocycles. The second-order valence-corrected chi connectivity index (χ2v) is 6.89. The van der Waals surface area contributed by atoms with Crippen LogP contribution in [0.4, 0.5) is 8.78 Å². The van der Waals surface area contributed by atoms with Crippen LogP contribution in [0.1, 0.15) is 13.8 Å². The van der Waals surface area contributed by atoms with Gasteiger partial charge in [0, 0.05) is 13.8 Å². The molecule has 0 saturated carbocycles. The first-order valence-corrected chi connectivity index (χ1v) is 9.09. The number of hydrogen-bond acceptors (Lipinski definition) is 10. The summed E-state index contributed by atoms with van der Waals surface area (Å²) in [5, 5.41) is 50.2. The molecule has 30 heavy (non-hydrogen) atoms. The number of aliphatic hydroxyl groups excluding tert-OH is 5. The smallest absolute Gasteiger partial charge is 0.217 e. The van der Waals surface area contributed by atoms with Gasteiger partial charge in [-0.3, -0.25) is 9.59 Å². The number of carbonyl (C=O) groups is 2. The van der Waals surface area contributed by atoms with E-state index in [0.29, 0.717) is 0 Å². The van der Waals surface area contributed by atoms with E-state index in [4.69, 9.17) is 20.7 Å². The maximum Gasteiger partial charge on any atom is 0.217 e. The van der Waals surface area contributed by atoms with E-state index in [1.54, 1.807) is 0 Å². The van der Waals surface area contributed by atoms with Gasteiger partial charge in [0.05, 0.1) is 19.3 Å². The molecule has 0 aromatic rings. The maximum absolute atomic E-state index is 13.4. The molecule has 10 atom stereocenters. The number of amides is 2. The monoisotopic (exact) mass is 445 g/mol. The van der Waals surface area contributed by atoms with Gasteiger partial charge < -0.3 is 51.4 Å². The molecule has 0 aromatic heterocycles. The molecule has 14 heteroatoms. The minimum atomic E-state index is -1.85. The van der Waals surface area contributed by atoms with Crippen molar-refractivity contribution in [3.8, 4) is 0 Å². The van der Waals surface area contributed by atoms with Crippen molar-refractivity contribution in [1.82, 2.24) is 10.6 Å². The van der Waals surface area contributed by atoms with Gasteiger partial charge >= 0.3 is 0 Å². The Bertz CT molecular complexity index is 528. The molecule has 9 N–H and O–H groups in total. The van der Waals surface area contributed by atoms with Gasteiger partial charge in [-0.2, -0.15) is 0 Å². The summed E-state index contributed by atoms with van der Waals surface area (Å²) in [6.45, 7) is 1.18. The van der Waals surface area contributed by atoms with E-state index in [1.165, 1.54) is 13.8 Å². The summed E-state index contributed by atoms with van der Waals surface area (Å²) in [4.78, 5) is 21.5. The average molecular weight is 445 g/mol. The Hall–Kier alpha value is -1.52. The lowest BCUT2D eigenvalue weighted by atomic mass is 9.97. The van der Waals surface area contributed by atoms with Crippen LogP contribution in [0.25, 0.3) is 0 Å². The molecule has 0 bridgehead atoms. The van der Waals surface area contributed by atoms with E-state index in [1.807, 2.05) is 0 Å². The number of nitrogens with two attached hydrogens (primary N) is 1. The normalized spacial score (nSPS) is 41.3. The number of aliphatic hydroxyl groups is 5. The van der Waals surface area contributed by atoms with Crippen LogP contribution in [0.5, 0.6) is 0 Å². The molecule has 2 rings (SSSR count). The van der Waals surface area contributed by atoms with Gasteiger partial charge in [-0.1, -0.05) is 0 Å². The molecule has 176 valence electrons. The molecule has 2 aliphatic heterocycles. The lowest BCUT2D eigenvalue weighted by molar-refractivity contribution is -0.240. The fourth-order valence-electron chi connectivity index (χ4n) is 2.98. The minimum Gasteiger partial charge on any atom is -0.394 e. The summed E-state index contributed by atoms with van der Waals surface area (Å²) >= 11 is 0. The summed E-state index contributed by atoms with van der Waals surface area (Å²) in [7, 11) is 0. The third kappa shape index (κ3) is 6.75. The van der Waals surface area contributed by atoms with Crippen molar-refractivity contribution in [2.45, 2.75) is 75.2 Å². The van der Waals surface area contributed by atoms with Crippen LogP contribution in [0.15, 0.2) is 0 Å². The van der Waals surface area contributed by atoms with Gasteiger partial charge in [0.2, 0.25) is 11.8 Å². The SMILES string of the molecule is CC(=O)N[C@H]1C(N)O[C@H](CO)[C@@H](F)[C@@H]1O.CC(=O)N[C@H]1C(O)O[C@H](CO)[C@@H](F)[C@@H]1O. The summed E-state index contributed by atoms with van der Waals surface area (Å²) in [5.41, 5.74) is 5.47. The van der Waals surface area contributed by atoms with Gasteiger partial charge in [0.1, 0.15) is 36.7 Å². The Morgan fingerprint density at radius 3 is 1.70 bits per heavy atom. The highest BCUT2D eigenvalue weighted by Crippen LogP contribution is 2.22. The van der Waals surface area contributed by atoms with E-state index in [-0.39, 0.29) is 0 Å². The van der Waals surface area contributed by atoms with E-state index in [0.717, 1.165) is 0 Å². The number of ether oxygens (including phenoxy) is 2. The van der Waals surface area contributed by atoms with Crippen molar-refractivity contribution >= 4 is 11.8 Å². The zero-order valence-electron chi connectivity index (χ0n) is 16.4. The van der Waals surface area contributed by atoms with Gasteiger partial charge in [-0.15, -0.1) is 0 Å². The van der Waals surface area contributed by atoms with Gasteiger partial charge in [0.25, 0.3) is 0 Å². The molecule has 2 fully saturated rings. The number of nitrogens with one attached hydrogen (secondary N) is 2. The average Bonchev–Trinajstić information content (AvgIpc) is 2.68. The van der Waals surface area contributed by atoms with Gasteiger partial charge in [-0.25, -0.2) is 8.78 Å². The molecule has 0 spiro atoms. The topological polar surface area (TPSA) is 204 Å². The summed E-state index contributed by atoms with van der Waals surface area (Å²) < 4.78 is 36.3. The number of halogens is 2. The standard InChI is InChI=1S/C8H15FN2O4.C8H14FNO5/c1-3(13)11-6-7(14)5(9)4(2-12)15-8(6)10;1-3(12)10-6-7(13)5(9)4(2-11)15-8(6)14/h4-8,12,14H,2,10H2,1H3,(H,11,13);4-8,11,13-14H,2H2,1H3,(H,10,12)/t2*4-,5-,6-,7+,8?/m11/s1. The molecule has 2 saturated heterocycles. The summed E-state index contributed by atoms with van der Waals surface area (Å²) in [6, 6.07) is -2.22. The van der Waals surface area contributed by atoms with Gasteiger partial charge in [-0.05, 0) is 0 Å². The predicted octanol–water partition coefficient (Wildman–Crippen LogP) is -4.23. The molecule has 12 nitrogen and oxygen atoms in total. The molecular weight excluding hydrogens is 416 g/mol. The molecule has 2 heterocycles. The quantitative estimate of drug-likeness (QED) is 0.209. The lowest BCUT2D eigenvalue weighted by Gasteiger charge is -2.39. The van der Waals surface area contributed by atoms with Crippen LogP contribution in [0, 0.1) is 0 Å². The first-order chi connectivity index (χ1) is 13.9. The molecular formula is C16H29F2N3O9. The summed E-state index contributed by atoms with van der Waals surface area (Å²) in [5.74, 6) is -0.955. The van der Waals surface area contributed by atoms with E-state index in [9.17, 15) is 33.7 Å². The number of carbonyl (C=O) groups excluding carboxylic acids is 2. The van der Waals surface area contributed by atoms with Crippen molar-refractivity contribution in [1.29, 1.82) is 0 Å². The Balaban J connectivity index is 0.000000300. The van der Waals surface area contributed by atoms with Crippen molar-refractivity contribution in [2.75, 3.05) is 13.2 Å². The lowest BCUT2D eigenvalue weighted by Crippen LogP contribution is -2.65. The number of rotatable bonds is 4. The van der Waals surface area contributed by atoms with Gasteiger partial charge in [0.15, 0.2) is 18.6 Å². The first kappa shape index (κ1) is 26.5. The fourth-order valence-corrected chi connectivity index (χ4v) is 2.98. The van der Waals surface area contributed by atoms with E-state index < -0.39 is 86.4 Å². The Morgan fingerprint density at radius 1 is 0.867 bits per heavy atom. The summed E-state index contributed by atoms with van der Waals surface area (Å²) in [6.07, 6.45) is -11.7. The van der Waals surface area contributed by atoms with Crippen molar-refractivity contribution in [2.24, 2.45) is 5.73 Å². The van der Waals surface area contributed by atoms with Crippen molar-refractivity contribution < 1.29 is 53.4 Å². The number of hydrogen-bond donors (Lipinski definition) is 8. The predicted molar refractivity (Wildman–Crippen MR) is 94.9 cm³/mol. The molecule has 0 aliphatic carbocycles. The third-order valence-electron chi connectivity index (χ3n) is 4.51. The Kier molecular flexibility index (Phi) is 10.4. The highest BCUT2D eigenvalue weighted by Gasteiger charge is 2.45. The van der Waals surface area contributed by atoms with Crippen LogP contribution in [-0.4, -0.2) is 112 Å². The Morgan fingerprint density at radius 2 is 1.27 bits per heavy atom. The second-order valence-electron chi connectivity index (χ2n) is 6.89. The van der Waals surface area contributed by atoms with E-state index >= 15 is 0 Å². The van der Waals surface area contributed by atoms with Crippen LogP contribution in [0.2, 0.25) is 0 Å². The minimum absolute atomic E-state index is 0.437. The van der Waals surface area contributed by atoms with E-state index in [2.05, 4.69) is 15.4 Å². The number of alkyl halides is 2. The van der Waals surface area contributed by atoms with Crippen molar-refractivity contribution in [3.63, 3.8) is 0 Å².